The highest BCUT2D eigenvalue weighted by atomic mass is 15.2. The minimum atomic E-state index is 0.755. The third-order valence-corrected chi connectivity index (χ3v) is 3.70. The minimum Gasteiger partial charge on any atom is -0.318 e. The Labute approximate surface area is 95.4 Å². The summed E-state index contributed by atoms with van der Waals surface area (Å²) in [6.45, 7) is 8.29. The van der Waals surface area contributed by atoms with E-state index in [1.807, 2.05) is 0 Å². The summed E-state index contributed by atoms with van der Waals surface area (Å²) < 4.78 is 0. The zero-order chi connectivity index (χ0) is 11.1. The lowest BCUT2D eigenvalue weighted by atomic mass is 9.84. The van der Waals surface area contributed by atoms with Crippen molar-refractivity contribution in [3.63, 3.8) is 0 Å². The van der Waals surface area contributed by atoms with Gasteiger partial charge in [0.1, 0.15) is 0 Å². The quantitative estimate of drug-likeness (QED) is 0.665. The van der Waals surface area contributed by atoms with E-state index in [9.17, 15) is 0 Å². The molecule has 0 aromatic carbocycles. The molecule has 2 nitrogen and oxygen atoms in total. The Balaban J connectivity index is 2.35. The molecule has 0 bridgehead atoms. The summed E-state index contributed by atoms with van der Waals surface area (Å²) in [7, 11) is 2.07. The van der Waals surface area contributed by atoms with Crippen LogP contribution in [0, 0.1) is 5.92 Å². The van der Waals surface area contributed by atoms with Crippen LogP contribution in [-0.4, -0.2) is 37.6 Å². The molecule has 0 aliphatic heterocycles. The minimum absolute atomic E-state index is 0.755. The van der Waals surface area contributed by atoms with Gasteiger partial charge >= 0.3 is 0 Å². The maximum Gasteiger partial charge on any atom is 0.0220 e. The van der Waals surface area contributed by atoms with Crippen LogP contribution in [0.15, 0.2) is 0 Å². The van der Waals surface area contributed by atoms with Gasteiger partial charge in [0, 0.05) is 19.1 Å². The first-order valence-electron chi connectivity index (χ1n) is 6.70. The maximum atomic E-state index is 3.34. The third kappa shape index (κ3) is 4.12. The fraction of sp³-hybridized carbons (Fsp3) is 1.00. The number of hydrogen-bond acceptors (Lipinski definition) is 2. The maximum absolute atomic E-state index is 3.34. The van der Waals surface area contributed by atoms with E-state index < -0.39 is 0 Å². The first-order valence-corrected chi connectivity index (χ1v) is 6.70. The van der Waals surface area contributed by atoms with Crippen LogP contribution in [0.3, 0.4) is 0 Å². The van der Waals surface area contributed by atoms with Crippen molar-refractivity contribution in [2.75, 3.05) is 26.7 Å². The summed E-state index contributed by atoms with van der Waals surface area (Å²) in [5, 5.41) is 3.34. The Bertz CT molecular complexity index is 149. The Hall–Kier alpha value is -0.0800. The smallest absolute Gasteiger partial charge is 0.0220 e. The van der Waals surface area contributed by atoms with Crippen molar-refractivity contribution in [1.82, 2.24) is 10.2 Å². The van der Waals surface area contributed by atoms with Crippen LogP contribution < -0.4 is 5.32 Å². The van der Waals surface area contributed by atoms with Gasteiger partial charge in [-0.05, 0) is 38.8 Å². The molecule has 1 saturated carbocycles. The van der Waals surface area contributed by atoms with Crippen molar-refractivity contribution < 1.29 is 0 Å². The van der Waals surface area contributed by atoms with E-state index in [0.29, 0.717) is 0 Å². The van der Waals surface area contributed by atoms with E-state index in [4.69, 9.17) is 0 Å². The van der Waals surface area contributed by atoms with Crippen LogP contribution in [0.25, 0.3) is 0 Å². The molecular weight excluding hydrogens is 184 g/mol. The van der Waals surface area contributed by atoms with Gasteiger partial charge in [0.25, 0.3) is 0 Å². The molecular formula is C13H28N2. The second kappa shape index (κ2) is 7.24. The fourth-order valence-corrected chi connectivity index (χ4v) is 2.53. The Morgan fingerprint density at radius 1 is 1.33 bits per heavy atom. The van der Waals surface area contributed by atoms with Gasteiger partial charge in [-0.15, -0.1) is 0 Å². The summed E-state index contributed by atoms with van der Waals surface area (Å²) >= 11 is 0. The zero-order valence-corrected chi connectivity index (χ0v) is 10.8. The Morgan fingerprint density at radius 3 is 2.47 bits per heavy atom. The van der Waals surface area contributed by atoms with E-state index >= 15 is 0 Å². The predicted molar refractivity (Wildman–Crippen MR) is 67.2 cm³/mol. The molecule has 0 aromatic rings. The van der Waals surface area contributed by atoms with Crippen LogP contribution in [0.4, 0.5) is 0 Å². The number of nitrogens with one attached hydrogen (secondary N) is 1. The lowest BCUT2D eigenvalue weighted by Crippen LogP contribution is -2.44. The van der Waals surface area contributed by atoms with E-state index in [1.165, 1.54) is 45.2 Å². The van der Waals surface area contributed by atoms with Crippen molar-refractivity contribution in [3.05, 3.63) is 0 Å². The molecule has 0 saturated heterocycles. The second-order valence-electron chi connectivity index (χ2n) is 4.88. The molecule has 1 N–H and O–H groups in total. The topological polar surface area (TPSA) is 15.3 Å². The van der Waals surface area contributed by atoms with Crippen LogP contribution >= 0.6 is 0 Å². The van der Waals surface area contributed by atoms with Crippen molar-refractivity contribution in [3.8, 4) is 0 Å². The normalized spacial score (nSPS) is 19.2. The molecule has 1 atom stereocenters. The average Bonchev–Trinajstić information content (AvgIpc) is 2.17. The third-order valence-electron chi connectivity index (χ3n) is 3.70. The Morgan fingerprint density at radius 2 is 2.07 bits per heavy atom. The average molecular weight is 212 g/mol. The number of rotatable bonds is 8. The van der Waals surface area contributed by atoms with Gasteiger partial charge in [0.2, 0.25) is 0 Å². The van der Waals surface area contributed by atoms with E-state index in [2.05, 4.69) is 31.1 Å². The highest BCUT2D eigenvalue weighted by molar-refractivity contribution is 4.78. The Kier molecular flexibility index (Phi) is 6.26. The van der Waals surface area contributed by atoms with E-state index in [1.54, 1.807) is 0 Å². The van der Waals surface area contributed by atoms with Crippen LogP contribution in [-0.2, 0) is 0 Å². The van der Waals surface area contributed by atoms with Crippen molar-refractivity contribution in [2.24, 2.45) is 5.92 Å². The lowest BCUT2D eigenvalue weighted by molar-refractivity contribution is 0.131. The molecule has 1 aliphatic carbocycles. The largest absolute Gasteiger partial charge is 0.318 e. The van der Waals surface area contributed by atoms with E-state index in [0.717, 1.165) is 18.5 Å². The molecule has 1 unspecified atom stereocenters. The molecule has 2 heteroatoms. The van der Waals surface area contributed by atoms with Crippen LogP contribution in [0.1, 0.15) is 46.0 Å². The molecule has 0 amide bonds. The molecule has 15 heavy (non-hydrogen) atoms. The molecule has 90 valence electrons. The predicted octanol–water partition coefficient (Wildman–Crippen LogP) is 2.50. The standard InChI is InChI=1S/C13H28N2/c1-4-7-13(10-14-3)15(5-2)11-12-8-6-9-12/h12-14H,4-11H2,1-3H3. The van der Waals surface area contributed by atoms with Crippen molar-refractivity contribution in [2.45, 2.75) is 52.0 Å². The molecule has 1 fully saturated rings. The van der Waals surface area contributed by atoms with Gasteiger partial charge in [-0.25, -0.2) is 0 Å². The summed E-state index contributed by atoms with van der Waals surface area (Å²) in [4.78, 5) is 2.68. The summed E-state index contributed by atoms with van der Waals surface area (Å²) in [5.74, 6) is 1.00. The fourth-order valence-electron chi connectivity index (χ4n) is 2.53. The van der Waals surface area contributed by atoms with Crippen LogP contribution in [0.5, 0.6) is 0 Å². The molecule has 0 heterocycles. The van der Waals surface area contributed by atoms with Gasteiger partial charge in [-0.1, -0.05) is 26.7 Å². The molecule has 0 aromatic heterocycles. The molecule has 1 rings (SSSR count). The van der Waals surface area contributed by atoms with Crippen LogP contribution in [0.2, 0.25) is 0 Å². The van der Waals surface area contributed by atoms with Gasteiger partial charge in [0.05, 0.1) is 0 Å². The van der Waals surface area contributed by atoms with Crippen molar-refractivity contribution in [1.29, 1.82) is 0 Å². The van der Waals surface area contributed by atoms with Crippen molar-refractivity contribution >= 4 is 0 Å². The van der Waals surface area contributed by atoms with Gasteiger partial charge < -0.3 is 5.32 Å². The van der Waals surface area contributed by atoms with Gasteiger partial charge in [0.15, 0.2) is 0 Å². The van der Waals surface area contributed by atoms with Gasteiger partial charge in [-0.3, -0.25) is 4.90 Å². The molecule has 0 spiro atoms. The first-order chi connectivity index (χ1) is 7.31. The van der Waals surface area contributed by atoms with E-state index in [-0.39, 0.29) is 0 Å². The number of hydrogen-bond donors (Lipinski definition) is 1. The molecule has 0 radical (unpaired) electrons. The summed E-state index contributed by atoms with van der Waals surface area (Å²) in [6.07, 6.45) is 7.03. The number of nitrogens with zero attached hydrogens (tertiary/aromatic N) is 1. The zero-order valence-electron chi connectivity index (χ0n) is 10.8. The highest BCUT2D eigenvalue weighted by Crippen LogP contribution is 2.27. The highest BCUT2D eigenvalue weighted by Gasteiger charge is 2.23. The summed E-state index contributed by atoms with van der Waals surface area (Å²) in [5.41, 5.74) is 0. The number of likely N-dealkylation sites (N-methyl/N-ethyl adjacent to an activating group) is 2. The summed E-state index contributed by atoms with van der Waals surface area (Å²) in [6, 6.07) is 0.755. The second-order valence-corrected chi connectivity index (χ2v) is 4.88. The van der Waals surface area contributed by atoms with Gasteiger partial charge in [-0.2, -0.15) is 0 Å². The monoisotopic (exact) mass is 212 g/mol. The SMILES string of the molecule is CCCC(CNC)N(CC)CC1CCC1. The molecule has 1 aliphatic rings. The first kappa shape index (κ1) is 13.0. The lowest BCUT2D eigenvalue weighted by Gasteiger charge is -2.36.